The summed E-state index contributed by atoms with van der Waals surface area (Å²) in [4.78, 5) is 12.4. The molecule has 4 heteroatoms. The first kappa shape index (κ1) is 14.6. The van der Waals surface area contributed by atoms with E-state index >= 15 is 0 Å². The van der Waals surface area contributed by atoms with E-state index in [1.54, 1.807) is 10.8 Å². The minimum absolute atomic E-state index is 0.00231. The Labute approximate surface area is 119 Å². The van der Waals surface area contributed by atoms with E-state index in [-0.39, 0.29) is 17.7 Å². The summed E-state index contributed by atoms with van der Waals surface area (Å²) in [6.45, 7) is 6.53. The van der Waals surface area contributed by atoms with E-state index in [4.69, 9.17) is 10.5 Å². The molecule has 0 aliphatic carbocycles. The second-order valence-corrected chi connectivity index (χ2v) is 5.36. The van der Waals surface area contributed by atoms with Crippen molar-refractivity contribution in [2.75, 3.05) is 0 Å². The van der Waals surface area contributed by atoms with Crippen molar-refractivity contribution in [3.63, 3.8) is 0 Å². The second kappa shape index (κ2) is 6.09. The average Bonchev–Trinajstić information content (AvgIpc) is 2.41. The summed E-state index contributed by atoms with van der Waals surface area (Å²) in [7, 11) is 0. The zero-order valence-electron chi connectivity index (χ0n) is 12.3. The Hall–Kier alpha value is -1.81. The normalized spacial score (nSPS) is 12.8. The fraction of sp³-hybridized carbons (Fsp3) is 0.438. The highest BCUT2D eigenvalue weighted by atomic mass is 16.5. The minimum atomic E-state index is 0.00231. The molecule has 2 aromatic rings. The van der Waals surface area contributed by atoms with Gasteiger partial charge in [0.05, 0.1) is 6.10 Å². The highest BCUT2D eigenvalue weighted by Gasteiger charge is 2.07. The highest BCUT2D eigenvalue weighted by Crippen LogP contribution is 2.19. The van der Waals surface area contributed by atoms with Crippen LogP contribution in [0.25, 0.3) is 10.8 Å². The SMILES string of the molecule is CCC(N)Cn1ccc2cc(OC(C)C)ccc2c1=O. The van der Waals surface area contributed by atoms with Crippen LogP contribution in [-0.4, -0.2) is 16.7 Å². The van der Waals surface area contributed by atoms with Gasteiger partial charge < -0.3 is 15.0 Å². The van der Waals surface area contributed by atoms with Gasteiger partial charge in [0.1, 0.15) is 5.75 Å². The molecule has 0 amide bonds. The van der Waals surface area contributed by atoms with Crippen LogP contribution in [0.5, 0.6) is 5.75 Å². The molecular weight excluding hydrogens is 252 g/mol. The third kappa shape index (κ3) is 3.20. The number of pyridine rings is 1. The molecule has 1 aromatic heterocycles. The van der Waals surface area contributed by atoms with Crippen LogP contribution in [0.1, 0.15) is 27.2 Å². The lowest BCUT2D eigenvalue weighted by atomic mass is 10.1. The van der Waals surface area contributed by atoms with Crippen molar-refractivity contribution in [3.05, 3.63) is 40.8 Å². The lowest BCUT2D eigenvalue weighted by Gasteiger charge is -2.13. The van der Waals surface area contributed by atoms with Crippen molar-refractivity contribution >= 4 is 10.8 Å². The van der Waals surface area contributed by atoms with Crippen molar-refractivity contribution in [2.45, 2.75) is 45.9 Å². The molecule has 1 atom stereocenters. The van der Waals surface area contributed by atoms with Gasteiger partial charge in [0, 0.05) is 24.2 Å². The first-order valence-electron chi connectivity index (χ1n) is 7.06. The molecule has 20 heavy (non-hydrogen) atoms. The molecule has 1 heterocycles. The molecule has 0 aliphatic heterocycles. The molecular formula is C16H22N2O2. The number of nitrogens with two attached hydrogens (primary N) is 1. The van der Waals surface area contributed by atoms with Gasteiger partial charge in [-0.2, -0.15) is 0 Å². The number of fused-ring (bicyclic) bond motifs is 1. The van der Waals surface area contributed by atoms with Crippen molar-refractivity contribution in [2.24, 2.45) is 5.73 Å². The van der Waals surface area contributed by atoms with Gasteiger partial charge in [-0.1, -0.05) is 6.92 Å². The van der Waals surface area contributed by atoms with Crippen LogP contribution in [0.4, 0.5) is 0 Å². The summed E-state index contributed by atoms with van der Waals surface area (Å²) >= 11 is 0. The van der Waals surface area contributed by atoms with Crippen LogP contribution < -0.4 is 16.0 Å². The maximum atomic E-state index is 12.4. The lowest BCUT2D eigenvalue weighted by Crippen LogP contribution is -2.31. The van der Waals surface area contributed by atoms with Crippen molar-refractivity contribution in [1.29, 1.82) is 0 Å². The van der Waals surface area contributed by atoms with Crippen LogP contribution in [0.15, 0.2) is 35.3 Å². The number of hydrogen-bond donors (Lipinski definition) is 1. The van der Waals surface area contributed by atoms with Gasteiger partial charge in [-0.3, -0.25) is 4.79 Å². The largest absolute Gasteiger partial charge is 0.491 e. The van der Waals surface area contributed by atoms with Gasteiger partial charge in [0.15, 0.2) is 0 Å². The minimum Gasteiger partial charge on any atom is -0.491 e. The molecule has 1 aromatic carbocycles. The predicted molar refractivity (Wildman–Crippen MR) is 82.2 cm³/mol. The Morgan fingerprint density at radius 2 is 2.05 bits per heavy atom. The topological polar surface area (TPSA) is 57.2 Å². The monoisotopic (exact) mass is 274 g/mol. The number of nitrogens with zero attached hydrogens (tertiary/aromatic N) is 1. The fourth-order valence-electron chi connectivity index (χ4n) is 2.14. The number of rotatable bonds is 5. The molecule has 0 saturated carbocycles. The molecule has 0 radical (unpaired) electrons. The fourth-order valence-corrected chi connectivity index (χ4v) is 2.14. The Balaban J connectivity index is 2.39. The summed E-state index contributed by atoms with van der Waals surface area (Å²) in [6, 6.07) is 7.51. The van der Waals surface area contributed by atoms with Gasteiger partial charge in [0.2, 0.25) is 0 Å². The van der Waals surface area contributed by atoms with Crippen LogP contribution in [-0.2, 0) is 6.54 Å². The molecule has 0 saturated heterocycles. The van der Waals surface area contributed by atoms with E-state index in [2.05, 4.69) is 0 Å². The van der Waals surface area contributed by atoms with E-state index < -0.39 is 0 Å². The van der Waals surface area contributed by atoms with E-state index in [9.17, 15) is 4.79 Å². The van der Waals surface area contributed by atoms with E-state index in [1.807, 2.05) is 45.0 Å². The highest BCUT2D eigenvalue weighted by molar-refractivity contribution is 5.82. The maximum Gasteiger partial charge on any atom is 0.258 e. The second-order valence-electron chi connectivity index (χ2n) is 5.36. The van der Waals surface area contributed by atoms with Crippen LogP contribution in [0.2, 0.25) is 0 Å². The van der Waals surface area contributed by atoms with Gasteiger partial charge in [-0.15, -0.1) is 0 Å². The zero-order valence-corrected chi connectivity index (χ0v) is 12.3. The van der Waals surface area contributed by atoms with Crippen LogP contribution >= 0.6 is 0 Å². The summed E-state index contributed by atoms with van der Waals surface area (Å²) in [5.74, 6) is 0.787. The molecule has 0 fully saturated rings. The molecule has 1 unspecified atom stereocenters. The van der Waals surface area contributed by atoms with E-state index in [1.165, 1.54) is 0 Å². The predicted octanol–water partition coefficient (Wildman–Crippen LogP) is 2.53. The third-order valence-corrected chi connectivity index (χ3v) is 3.28. The Morgan fingerprint density at radius 3 is 2.70 bits per heavy atom. The standard InChI is InChI=1S/C16H22N2O2/c1-4-13(17)10-18-8-7-12-9-14(20-11(2)3)5-6-15(12)16(18)19/h5-9,11,13H,4,10,17H2,1-3H3. The van der Waals surface area contributed by atoms with Gasteiger partial charge in [-0.25, -0.2) is 0 Å². The summed E-state index contributed by atoms with van der Waals surface area (Å²) in [6.07, 6.45) is 2.78. The molecule has 2 N–H and O–H groups in total. The Bertz CT molecular complexity index is 646. The van der Waals surface area contributed by atoms with Gasteiger partial charge >= 0.3 is 0 Å². The molecule has 0 spiro atoms. The van der Waals surface area contributed by atoms with E-state index in [0.717, 1.165) is 17.6 Å². The Kier molecular flexibility index (Phi) is 4.45. The first-order chi connectivity index (χ1) is 9.51. The number of aromatic nitrogens is 1. The zero-order chi connectivity index (χ0) is 14.7. The van der Waals surface area contributed by atoms with Crippen LogP contribution in [0.3, 0.4) is 0 Å². The molecule has 0 aliphatic rings. The first-order valence-corrected chi connectivity index (χ1v) is 7.06. The number of ether oxygens (including phenoxy) is 1. The lowest BCUT2D eigenvalue weighted by molar-refractivity contribution is 0.243. The quantitative estimate of drug-likeness (QED) is 0.911. The van der Waals surface area contributed by atoms with Gasteiger partial charge in [-0.05, 0) is 49.9 Å². The average molecular weight is 274 g/mol. The molecule has 108 valence electrons. The summed E-state index contributed by atoms with van der Waals surface area (Å²) in [5, 5.41) is 1.60. The third-order valence-electron chi connectivity index (χ3n) is 3.28. The number of benzene rings is 1. The maximum absolute atomic E-state index is 12.4. The number of hydrogen-bond acceptors (Lipinski definition) is 3. The molecule has 4 nitrogen and oxygen atoms in total. The summed E-state index contributed by atoms with van der Waals surface area (Å²) < 4.78 is 7.33. The van der Waals surface area contributed by atoms with Crippen LogP contribution in [0, 0.1) is 0 Å². The van der Waals surface area contributed by atoms with Crippen molar-refractivity contribution in [3.8, 4) is 5.75 Å². The smallest absolute Gasteiger partial charge is 0.258 e. The van der Waals surface area contributed by atoms with E-state index in [0.29, 0.717) is 11.9 Å². The molecule has 0 bridgehead atoms. The van der Waals surface area contributed by atoms with Crippen molar-refractivity contribution < 1.29 is 4.74 Å². The van der Waals surface area contributed by atoms with Gasteiger partial charge in [0.25, 0.3) is 5.56 Å². The summed E-state index contributed by atoms with van der Waals surface area (Å²) in [5.41, 5.74) is 5.92. The van der Waals surface area contributed by atoms with Crippen molar-refractivity contribution in [1.82, 2.24) is 4.57 Å². The Morgan fingerprint density at radius 1 is 1.30 bits per heavy atom. The molecule has 2 rings (SSSR count).